The molecule has 1 aromatic carbocycles. The summed E-state index contributed by atoms with van der Waals surface area (Å²) in [6.07, 6.45) is 3.91. The van der Waals surface area contributed by atoms with Crippen LogP contribution in [0.5, 0.6) is 0 Å². The molecule has 3 rings (SSSR count). The number of rotatable bonds is 6. The standard InChI is InChI=1S/C20H26N2O7S/c1-19(2)13-7-8-20(19,3)16(10-13)21-17(23)11-29-18(24)12-5-6-15(30(4,27)28)14(9-12)22(25)26/h5-6,9,13,16H,7-8,10-11H2,1-4H3,(H,21,23)/t13-,16+,20-/m1/s1. The molecule has 3 atom stereocenters. The van der Waals surface area contributed by atoms with E-state index in [0.29, 0.717) is 5.92 Å². The number of nitrogens with zero attached hydrogens (tertiary/aromatic N) is 1. The lowest BCUT2D eigenvalue weighted by atomic mass is 9.69. The molecule has 10 heteroatoms. The molecule has 2 saturated carbocycles. The summed E-state index contributed by atoms with van der Waals surface area (Å²) in [5.41, 5.74) is -0.801. The van der Waals surface area contributed by atoms with Gasteiger partial charge >= 0.3 is 5.97 Å². The predicted octanol–water partition coefficient (Wildman–Crippen LogP) is 2.49. The Balaban J connectivity index is 1.64. The summed E-state index contributed by atoms with van der Waals surface area (Å²) >= 11 is 0. The van der Waals surface area contributed by atoms with Crippen LogP contribution in [-0.2, 0) is 19.4 Å². The first-order chi connectivity index (χ1) is 13.8. The quantitative estimate of drug-likeness (QED) is 0.410. The zero-order chi connectivity index (χ0) is 22.5. The number of esters is 1. The highest BCUT2D eigenvalue weighted by Crippen LogP contribution is 2.65. The summed E-state index contributed by atoms with van der Waals surface area (Å²) in [7, 11) is -3.84. The second kappa shape index (κ2) is 7.33. The first-order valence-electron chi connectivity index (χ1n) is 9.72. The fraction of sp³-hybridized carbons (Fsp3) is 0.600. The molecule has 1 amide bonds. The minimum atomic E-state index is -3.84. The van der Waals surface area contributed by atoms with E-state index < -0.39 is 43.8 Å². The molecule has 164 valence electrons. The SMILES string of the molecule is CC1(C)[C@@H]2CC[C@]1(C)[C@@H](NC(=O)COC(=O)c1ccc(S(C)(=O)=O)c([N+](=O)[O-])c1)C2. The molecule has 2 fully saturated rings. The van der Waals surface area contributed by atoms with E-state index in [0.717, 1.165) is 43.7 Å². The van der Waals surface area contributed by atoms with Crippen molar-refractivity contribution in [2.75, 3.05) is 12.9 Å². The topological polar surface area (TPSA) is 133 Å². The maximum absolute atomic E-state index is 12.3. The van der Waals surface area contributed by atoms with Crippen molar-refractivity contribution in [3.8, 4) is 0 Å². The second-order valence-electron chi connectivity index (χ2n) is 9.02. The lowest BCUT2D eigenvalue weighted by molar-refractivity contribution is -0.387. The van der Waals surface area contributed by atoms with E-state index in [1.54, 1.807) is 0 Å². The van der Waals surface area contributed by atoms with Gasteiger partial charge in [0.2, 0.25) is 0 Å². The Morgan fingerprint density at radius 2 is 1.97 bits per heavy atom. The fourth-order valence-electron chi connectivity index (χ4n) is 4.97. The maximum Gasteiger partial charge on any atom is 0.338 e. The number of sulfone groups is 1. The van der Waals surface area contributed by atoms with Crippen LogP contribution in [-0.4, -0.2) is 44.1 Å². The number of hydrogen-bond donors (Lipinski definition) is 1. The third-order valence-electron chi connectivity index (χ3n) is 7.25. The molecule has 0 heterocycles. The number of nitro groups is 1. The number of fused-ring (bicyclic) bond motifs is 2. The summed E-state index contributed by atoms with van der Waals surface area (Å²) in [5.74, 6) is -0.822. The van der Waals surface area contributed by atoms with Gasteiger partial charge in [0, 0.05) is 18.4 Å². The van der Waals surface area contributed by atoms with Crippen molar-refractivity contribution in [3.05, 3.63) is 33.9 Å². The van der Waals surface area contributed by atoms with Gasteiger partial charge in [0.15, 0.2) is 16.4 Å². The zero-order valence-corrected chi connectivity index (χ0v) is 18.2. The predicted molar refractivity (Wildman–Crippen MR) is 108 cm³/mol. The Hall–Kier alpha value is -2.49. The lowest BCUT2D eigenvalue weighted by Crippen LogP contribution is -2.48. The van der Waals surface area contributed by atoms with Gasteiger partial charge in [-0.1, -0.05) is 20.8 Å². The summed E-state index contributed by atoms with van der Waals surface area (Å²) in [6, 6.07) is 2.97. The van der Waals surface area contributed by atoms with Crippen LogP contribution in [0.2, 0.25) is 0 Å². The van der Waals surface area contributed by atoms with Crippen LogP contribution in [0.3, 0.4) is 0 Å². The molecule has 2 aliphatic rings. The molecule has 0 saturated heterocycles. The fourth-order valence-corrected chi connectivity index (χ4v) is 5.80. The monoisotopic (exact) mass is 438 g/mol. The van der Waals surface area contributed by atoms with Gasteiger partial charge in [-0.2, -0.15) is 0 Å². The van der Waals surface area contributed by atoms with E-state index in [-0.39, 0.29) is 22.4 Å². The van der Waals surface area contributed by atoms with Crippen LogP contribution < -0.4 is 5.32 Å². The Bertz CT molecular complexity index is 1020. The lowest BCUT2D eigenvalue weighted by Gasteiger charge is -2.39. The van der Waals surface area contributed by atoms with Crippen molar-refractivity contribution in [2.45, 2.75) is 51.0 Å². The highest BCUT2D eigenvalue weighted by molar-refractivity contribution is 7.90. The maximum atomic E-state index is 12.3. The van der Waals surface area contributed by atoms with Gasteiger partial charge in [0.05, 0.1) is 10.5 Å². The van der Waals surface area contributed by atoms with E-state index in [4.69, 9.17) is 4.74 Å². The van der Waals surface area contributed by atoms with Crippen LogP contribution in [0.4, 0.5) is 5.69 Å². The van der Waals surface area contributed by atoms with Crippen LogP contribution in [0.15, 0.2) is 23.1 Å². The van der Waals surface area contributed by atoms with E-state index in [1.807, 2.05) is 0 Å². The van der Waals surface area contributed by atoms with Crippen LogP contribution >= 0.6 is 0 Å². The van der Waals surface area contributed by atoms with Gasteiger partial charge in [0.25, 0.3) is 11.6 Å². The molecule has 1 aromatic rings. The van der Waals surface area contributed by atoms with Crippen molar-refractivity contribution in [1.82, 2.24) is 5.32 Å². The molecule has 0 aromatic heterocycles. The van der Waals surface area contributed by atoms with Gasteiger partial charge in [-0.25, -0.2) is 13.2 Å². The Labute approximate surface area is 175 Å². The number of nitro benzene ring substituents is 1. The van der Waals surface area contributed by atoms with Crippen molar-refractivity contribution in [3.63, 3.8) is 0 Å². The molecule has 2 bridgehead atoms. The van der Waals surface area contributed by atoms with Crippen LogP contribution in [0, 0.1) is 26.9 Å². The van der Waals surface area contributed by atoms with Crippen LogP contribution in [0.25, 0.3) is 0 Å². The third kappa shape index (κ3) is 3.68. The first-order valence-corrected chi connectivity index (χ1v) is 11.6. The molecule has 0 radical (unpaired) electrons. The Morgan fingerprint density at radius 1 is 1.30 bits per heavy atom. The zero-order valence-electron chi connectivity index (χ0n) is 17.4. The van der Waals surface area contributed by atoms with Gasteiger partial charge < -0.3 is 10.1 Å². The first kappa shape index (κ1) is 22.2. The van der Waals surface area contributed by atoms with E-state index in [2.05, 4.69) is 26.1 Å². The smallest absolute Gasteiger partial charge is 0.338 e. The largest absolute Gasteiger partial charge is 0.452 e. The molecule has 0 aliphatic heterocycles. The Morgan fingerprint density at radius 3 is 2.47 bits per heavy atom. The highest BCUT2D eigenvalue weighted by atomic mass is 32.2. The molecular formula is C20H26N2O7S. The Kier molecular flexibility index (Phi) is 5.43. The van der Waals surface area contributed by atoms with Gasteiger partial charge in [-0.3, -0.25) is 14.9 Å². The van der Waals surface area contributed by atoms with Crippen molar-refractivity contribution < 1.29 is 27.7 Å². The minimum absolute atomic E-state index is 0.00702. The normalized spacial score (nSPS) is 26.9. The average Bonchev–Trinajstić information content (AvgIpc) is 2.98. The van der Waals surface area contributed by atoms with Crippen LogP contribution in [0.1, 0.15) is 50.4 Å². The number of hydrogen-bond acceptors (Lipinski definition) is 7. The average molecular weight is 439 g/mol. The van der Waals surface area contributed by atoms with Crippen molar-refractivity contribution in [2.24, 2.45) is 16.7 Å². The number of amides is 1. The van der Waals surface area contributed by atoms with Crippen molar-refractivity contribution in [1.29, 1.82) is 0 Å². The van der Waals surface area contributed by atoms with E-state index in [9.17, 15) is 28.1 Å². The molecule has 1 N–H and O–H groups in total. The number of carbonyl (C=O) groups is 2. The van der Waals surface area contributed by atoms with Gasteiger partial charge in [-0.05, 0) is 48.1 Å². The molecular weight excluding hydrogens is 412 g/mol. The van der Waals surface area contributed by atoms with E-state index in [1.165, 1.54) is 0 Å². The highest BCUT2D eigenvalue weighted by Gasteiger charge is 2.61. The number of carbonyl (C=O) groups excluding carboxylic acids is 2. The van der Waals surface area contributed by atoms with E-state index >= 15 is 0 Å². The van der Waals surface area contributed by atoms with Crippen molar-refractivity contribution >= 4 is 27.4 Å². The van der Waals surface area contributed by atoms with Gasteiger partial charge in [-0.15, -0.1) is 0 Å². The number of ether oxygens (including phenoxy) is 1. The molecule has 0 spiro atoms. The molecule has 30 heavy (non-hydrogen) atoms. The third-order valence-corrected chi connectivity index (χ3v) is 8.40. The minimum Gasteiger partial charge on any atom is -0.452 e. The number of benzene rings is 1. The second-order valence-corrected chi connectivity index (χ2v) is 11.0. The molecule has 9 nitrogen and oxygen atoms in total. The molecule has 0 unspecified atom stereocenters. The summed E-state index contributed by atoms with van der Waals surface area (Å²) < 4.78 is 28.3. The summed E-state index contributed by atoms with van der Waals surface area (Å²) in [4.78, 5) is 34.4. The molecule has 2 aliphatic carbocycles. The van der Waals surface area contributed by atoms with Gasteiger partial charge in [0.1, 0.15) is 4.90 Å². The number of nitrogens with one attached hydrogen (secondary N) is 1. The summed E-state index contributed by atoms with van der Waals surface area (Å²) in [6.45, 7) is 6.12. The summed E-state index contributed by atoms with van der Waals surface area (Å²) in [5, 5.41) is 14.1.